The molecule has 2 aliphatic heterocycles. The fraction of sp³-hybridized carbons (Fsp3) is 0.526. The topological polar surface area (TPSA) is 118 Å². The molecule has 150 valence electrons. The first-order valence-corrected chi connectivity index (χ1v) is 9.28. The number of hydrogen-bond acceptors (Lipinski definition) is 8. The Hall–Kier alpha value is -2.83. The van der Waals surface area contributed by atoms with Gasteiger partial charge in [0.2, 0.25) is 0 Å². The molecule has 28 heavy (non-hydrogen) atoms. The van der Waals surface area contributed by atoms with Gasteiger partial charge >= 0.3 is 12.2 Å². The molecule has 0 saturated carbocycles. The fourth-order valence-corrected chi connectivity index (χ4v) is 3.36. The van der Waals surface area contributed by atoms with Gasteiger partial charge in [-0.05, 0) is 31.2 Å². The van der Waals surface area contributed by atoms with Crippen molar-refractivity contribution in [3.05, 3.63) is 29.8 Å². The molecule has 0 bridgehead atoms. The Morgan fingerprint density at radius 3 is 2.64 bits per heavy atom. The van der Waals surface area contributed by atoms with Crippen LogP contribution in [0.2, 0.25) is 0 Å². The van der Waals surface area contributed by atoms with Gasteiger partial charge in [0.05, 0.1) is 24.8 Å². The first-order valence-electron chi connectivity index (χ1n) is 9.28. The largest absolute Gasteiger partial charge is 0.510 e. The highest BCUT2D eigenvalue weighted by molar-refractivity contribution is 5.89. The molecule has 2 fully saturated rings. The smallest absolute Gasteiger partial charge is 0.443 e. The van der Waals surface area contributed by atoms with Gasteiger partial charge in [0.25, 0.3) is 0 Å². The molecule has 9 heteroatoms. The van der Waals surface area contributed by atoms with Crippen LogP contribution in [0.4, 0.5) is 15.3 Å². The highest BCUT2D eigenvalue weighted by Crippen LogP contribution is 2.25. The summed E-state index contributed by atoms with van der Waals surface area (Å²) in [5, 5.41) is 8.88. The number of benzene rings is 1. The van der Waals surface area contributed by atoms with Crippen molar-refractivity contribution in [3.8, 4) is 6.07 Å². The van der Waals surface area contributed by atoms with E-state index >= 15 is 0 Å². The molecule has 0 radical (unpaired) electrons. The number of nitrogens with two attached hydrogens (primary N) is 1. The van der Waals surface area contributed by atoms with Crippen LogP contribution in [0.5, 0.6) is 0 Å². The Morgan fingerprint density at radius 1 is 1.36 bits per heavy atom. The van der Waals surface area contributed by atoms with E-state index < -0.39 is 18.0 Å². The third-order valence-electron chi connectivity index (χ3n) is 4.90. The number of carbonyl (C=O) groups excluding carboxylic acids is 2. The van der Waals surface area contributed by atoms with Gasteiger partial charge in [0.1, 0.15) is 6.10 Å². The third-order valence-corrected chi connectivity index (χ3v) is 4.90. The number of ether oxygens (including phenoxy) is 3. The van der Waals surface area contributed by atoms with E-state index in [1.165, 1.54) is 0 Å². The number of carbonyl (C=O) groups is 2. The van der Waals surface area contributed by atoms with Crippen LogP contribution in [-0.2, 0) is 14.2 Å². The van der Waals surface area contributed by atoms with Crippen LogP contribution >= 0.6 is 0 Å². The molecule has 2 aliphatic rings. The van der Waals surface area contributed by atoms with Gasteiger partial charge in [0.15, 0.2) is 5.72 Å². The minimum atomic E-state index is -1.02. The zero-order valence-corrected chi connectivity index (χ0v) is 15.8. The normalized spacial score (nSPS) is 21.7. The summed E-state index contributed by atoms with van der Waals surface area (Å²) < 4.78 is 15.5. The molecule has 9 nitrogen and oxygen atoms in total. The number of nitrogens with zero attached hydrogens (tertiary/aromatic N) is 3. The monoisotopic (exact) mass is 388 g/mol. The predicted octanol–water partition coefficient (Wildman–Crippen LogP) is 1.81. The summed E-state index contributed by atoms with van der Waals surface area (Å²) in [6.07, 6.45) is -0.455. The van der Waals surface area contributed by atoms with Gasteiger partial charge in [-0.25, -0.2) is 9.59 Å². The molecule has 0 aliphatic carbocycles. The van der Waals surface area contributed by atoms with Gasteiger partial charge in [-0.2, -0.15) is 5.26 Å². The van der Waals surface area contributed by atoms with E-state index in [4.69, 9.17) is 25.2 Å². The second-order valence-corrected chi connectivity index (χ2v) is 6.93. The van der Waals surface area contributed by atoms with Crippen molar-refractivity contribution in [2.24, 2.45) is 5.73 Å². The van der Waals surface area contributed by atoms with Crippen molar-refractivity contribution in [1.29, 1.82) is 5.26 Å². The van der Waals surface area contributed by atoms with Crippen LogP contribution in [0.25, 0.3) is 0 Å². The van der Waals surface area contributed by atoms with Crippen molar-refractivity contribution in [2.45, 2.75) is 31.6 Å². The Morgan fingerprint density at radius 2 is 2.04 bits per heavy atom. The van der Waals surface area contributed by atoms with E-state index in [-0.39, 0.29) is 12.7 Å². The number of amides is 1. The van der Waals surface area contributed by atoms with E-state index in [1.54, 1.807) is 36.1 Å². The number of likely N-dealkylation sites (tertiary alicyclic amines) is 1. The summed E-state index contributed by atoms with van der Waals surface area (Å²) in [5.74, 6) is 0. The SMILES string of the molecule is CCOC(=O)OC1(N)CCN(CC2CN(c3ccc(C#N)cc3)C(=O)O2)CC1. The summed E-state index contributed by atoms with van der Waals surface area (Å²) in [6, 6.07) is 8.87. The van der Waals surface area contributed by atoms with Crippen molar-refractivity contribution in [2.75, 3.05) is 37.7 Å². The number of cyclic esters (lactones) is 1. The predicted molar refractivity (Wildman–Crippen MR) is 99.5 cm³/mol. The molecule has 2 heterocycles. The lowest BCUT2D eigenvalue weighted by atomic mass is 10.0. The number of rotatable bonds is 5. The minimum Gasteiger partial charge on any atom is -0.443 e. The van der Waals surface area contributed by atoms with Crippen LogP contribution in [-0.4, -0.2) is 61.8 Å². The molecule has 3 rings (SSSR count). The maximum Gasteiger partial charge on any atom is 0.510 e. The molecule has 1 amide bonds. The van der Waals surface area contributed by atoms with Crippen LogP contribution in [0.1, 0.15) is 25.3 Å². The molecule has 1 atom stereocenters. The molecular weight excluding hydrogens is 364 g/mol. The van der Waals surface area contributed by atoms with E-state index in [2.05, 4.69) is 11.0 Å². The molecule has 0 aromatic heterocycles. The lowest BCUT2D eigenvalue weighted by Crippen LogP contribution is -2.54. The molecule has 2 saturated heterocycles. The minimum absolute atomic E-state index is 0.240. The van der Waals surface area contributed by atoms with Crippen LogP contribution in [0, 0.1) is 11.3 Å². The van der Waals surface area contributed by atoms with E-state index in [9.17, 15) is 9.59 Å². The maximum absolute atomic E-state index is 12.2. The highest BCUT2D eigenvalue weighted by atomic mass is 16.7. The fourth-order valence-electron chi connectivity index (χ4n) is 3.36. The maximum atomic E-state index is 12.2. The summed E-state index contributed by atoms with van der Waals surface area (Å²) >= 11 is 0. The number of nitriles is 1. The molecule has 1 aromatic rings. The Balaban J connectivity index is 1.50. The zero-order chi connectivity index (χ0) is 20.1. The lowest BCUT2D eigenvalue weighted by Gasteiger charge is -2.38. The number of hydrogen-bond donors (Lipinski definition) is 1. The molecule has 0 spiro atoms. The Bertz CT molecular complexity index is 753. The summed E-state index contributed by atoms with van der Waals surface area (Å²) in [6.45, 7) is 4.21. The molecule has 1 unspecified atom stereocenters. The van der Waals surface area contributed by atoms with Crippen LogP contribution in [0.15, 0.2) is 24.3 Å². The number of anilines is 1. The third kappa shape index (κ3) is 4.71. The summed E-state index contributed by atoms with van der Waals surface area (Å²) in [5.41, 5.74) is 6.36. The molecule has 2 N–H and O–H groups in total. The average molecular weight is 388 g/mol. The van der Waals surface area contributed by atoms with Crippen molar-refractivity contribution in [3.63, 3.8) is 0 Å². The molecule has 1 aromatic carbocycles. The first-order chi connectivity index (χ1) is 13.4. The van der Waals surface area contributed by atoms with Gasteiger partial charge in [0, 0.05) is 38.2 Å². The van der Waals surface area contributed by atoms with E-state index in [0.29, 0.717) is 50.3 Å². The van der Waals surface area contributed by atoms with Crippen LogP contribution in [0.3, 0.4) is 0 Å². The average Bonchev–Trinajstić information content (AvgIpc) is 3.04. The Kier molecular flexibility index (Phi) is 6.02. The van der Waals surface area contributed by atoms with Gasteiger partial charge in [-0.1, -0.05) is 0 Å². The highest BCUT2D eigenvalue weighted by Gasteiger charge is 2.38. The van der Waals surface area contributed by atoms with E-state index in [0.717, 1.165) is 0 Å². The zero-order valence-electron chi connectivity index (χ0n) is 15.8. The quantitative estimate of drug-likeness (QED) is 0.599. The Labute approximate surface area is 163 Å². The second-order valence-electron chi connectivity index (χ2n) is 6.93. The van der Waals surface area contributed by atoms with Gasteiger partial charge < -0.3 is 14.2 Å². The number of piperidine rings is 1. The van der Waals surface area contributed by atoms with Crippen molar-refractivity contribution >= 4 is 17.9 Å². The standard InChI is InChI=1S/C19H24N4O5/c1-2-26-18(25)28-19(21)7-9-22(10-8-19)12-16-13-23(17(24)27-16)15-5-3-14(11-20)4-6-15/h3-6,16H,2,7-10,12-13,21H2,1H3. The first kappa shape index (κ1) is 19.9. The van der Waals surface area contributed by atoms with Crippen molar-refractivity contribution in [1.82, 2.24) is 4.90 Å². The summed E-state index contributed by atoms with van der Waals surface area (Å²) in [4.78, 5) is 27.4. The summed E-state index contributed by atoms with van der Waals surface area (Å²) in [7, 11) is 0. The van der Waals surface area contributed by atoms with Gasteiger partial charge in [-0.3, -0.25) is 15.5 Å². The van der Waals surface area contributed by atoms with Crippen LogP contribution < -0.4 is 10.6 Å². The van der Waals surface area contributed by atoms with E-state index in [1.807, 2.05) is 0 Å². The van der Waals surface area contributed by atoms with Crippen molar-refractivity contribution < 1.29 is 23.8 Å². The van der Waals surface area contributed by atoms with Gasteiger partial charge in [-0.15, -0.1) is 0 Å². The second kappa shape index (κ2) is 8.46. The lowest BCUT2D eigenvalue weighted by molar-refractivity contribution is -0.0656. The molecular formula is C19H24N4O5.